The van der Waals surface area contributed by atoms with Crippen molar-refractivity contribution in [2.24, 2.45) is 0 Å². The number of anilines is 1. The summed E-state index contributed by atoms with van der Waals surface area (Å²) in [6, 6.07) is 30.9. The quantitative estimate of drug-likeness (QED) is 0.216. The van der Waals surface area contributed by atoms with Crippen molar-refractivity contribution in [1.82, 2.24) is 10.2 Å². The fourth-order valence-corrected chi connectivity index (χ4v) is 6.43. The number of hydrogen-bond donors (Lipinski definition) is 1. The molecule has 0 saturated carbocycles. The van der Waals surface area contributed by atoms with Crippen molar-refractivity contribution in [3.63, 3.8) is 0 Å². The highest BCUT2D eigenvalue weighted by atomic mass is 32.2. The lowest BCUT2D eigenvalue weighted by Crippen LogP contribution is -2.56. The van der Waals surface area contributed by atoms with E-state index >= 15 is 0 Å². The summed E-state index contributed by atoms with van der Waals surface area (Å²) in [5.41, 5.74) is 2.22. The molecule has 0 radical (unpaired) electrons. The van der Waals surface area contributed by atoms with E-state index in [1.54, 1.807) is 55.6 Å². The third-order valence-corrected chi connectivity index (χ3v) is 8.94. The predicted molar refractivity (Wildman–Crippen MR) is 178 cm³/mol. The standard InChI is InChI=1S/C36H41N3O5S/c1-27-14-12-18-30(22-27)39(45(42,43)32-20-10-7-11-21-32)26-34(40)38(25-29-17-13-19-31(23-29)44-5)33(35(41)37-36(2,3)4)24-28-15-8-6-9-16-28/h6-23,33H,24-26H2,1-5H3,(H,37,41)/t33-/m0/s1. The Morgan fingerprint density at radius 1 is 0.822 bits per heavy atom. The summed E-state index contributed by atoms with van der Waals surface area (Å²) in [5.74, 6) is -0.258. The Kier molecular flexibility index (Phi) is 10.7. The highest BCUT2D eigenvalue weighted by molar-refractivity contribution is 7.92. The average Bonchev–Trinajstić information content (AvgIpc) is 3.01. The molecule has 4 aromatic rings. The minimum absolute atomic E-state index is 0.0537. The third kappa shape index (κ3) is 8.95. The van der Waals surface area contributed by atoms with Crippen LogP contribution in [-0.2, 0) is 32.6 Å². The Morgan fingerprint density at radius 3 is 2.07 bits per heavy atom. The number of carbonyl (C=O) groups excluding carboxylic acids is 2. The number of carbonyl (C=O) groups is 2. The van der Waals surface area contributed by atoms with E-state index < -0.39 is 34.1 Å². The molecule has 0 aromatic heterocycles. The second-order valence-corrected chi connectivity index (χ2v) is 13.8. The topological polar surface area (TPSA) is 96.0 Å². The summed E-state index contributed by atoms with van der Waals surface area (Å²) in [7, 11) is -2.59. The molecule has 0 heterocycles. The number of benzene rings is 4. The van der Waals surface area contributed by atoms with Crippen molar-refractivity contribution in [2.75, 3.05) is 18.0 Å². The molecule has 1 N–H and O–H groups in total. The lowest BCUT2D eigenvalue weighted by molar-refractivity contribution is -0.140. The zero-order valence-corrected chi connectivity index (χ0v) is 27.3. The molecule has 0 aliphatic carbocycles. The van der Waals surface area contributed by atoms with Crippen LogP contribution in [0.25, 0.3) is 0 Å². The summed E-state index contributed by atoms with van der Waals surface area (Å²) in [5, 5.41) is 3.04. The third-order valence-electron chi connectivity index (χ3n) is 7.16. The summed E-state index contributed by atoms with van der Waals surface area (Å²) in [6.07, 6.45) is 0.230. The van der Waals surface area contributed by atoms with Gasteiger partial charge in [0.1, 0.15) is 18.3 Å². The molecule has 0 unspecified atom stereocenters. The first kappa shape index (κ1) is 33.3. The van der Waals surface area contributed by atoms with Gasteiger partial charge in [-0.1, -0.05) is 72.8 Å². The van der Waals surface area contributed by atoms with Gasteiger partial charge in [0.2, 0.25) is 11.8 Å². The van der Waals surface area contributed by atoms with Gasteiger partial charge in [0.15, 0.2) is 0 Å². The van der Waals surface area contributed by atoms with Gasteiger partial charge in [-0.3, -0.25) is 13.9 Å². The Balaban J connectivity index is 1.82. The molecular weight excluding hydrogens is 586 g/mol. The number of nitrogens with one attached hydrogen (secondary N) is 1. The monoisotopic (exact) mass is 627 g/mol. The molecule has 0 saturated heterocycles. The second kappa shape index (κ2) is 14.4. The summed E-state index contributed by atoms with van der Waals surface area (Å²) >= 11 is 0. The van der Waals surface area contributed by atoms with Crippen molar-refractivity contribution in [3.05, 3.63) is 126 Å². The van der Waals surface area contributed by atoms with Gasteiger partial charge in [0, 0.05) is 18.5 Å². The molecule has 0 bridgehead atoms. The molecule has 0 fully saturated rings. The molecule has 0 aliphatic heterocycles. The zero-order chi connectivity index (χ0) is 32.6. The van der Waals surface area contributed by atoms with Crippen LogP contribution in [-0.4, -0.2) is 50.4 Å². The van der Waals surface area contributed by atoms with Crippen LogP contribution in [0.5, 0.6) is 5.75 Å². The number of sulfonamides is 1. The van der Waals surface area contributed by atoms with Crippen molar-refractivity contribution in [2.45, 2.75) is 57.1 Å². The van der Waals surface area contributed by atoms with E-state index in [-0.39, 0.29) is 23.8 Å². The smallest absolute Gasteiger partial charge is 0.264 e. The number of aryl methyl sites for hydroxylation is 1. The number of nitrogens with zero attached hydrogens (tertiary/aromatic N) is 2. The minimum Gasteiger partial charge on any atom is -0.497 e. The van der Waals surface area contributed by atoms with E-state index in [2.05, 4.69) is 5.32 Å². The molecule has 0 aliphatic rings. The first-order valence-electron chi connectivity index (χ1n) is 14.8. The lowest BCUT2D eigenvalue weighted by atomic mass is 10.0. The Labute approximate surface area is 266 Å². The number of rotatable bonds is 12. The fourth-order valence-electron chi connectivity index (χ4n) is 5.01. The van der Waals surface area contributed by atoms with Gasteiger partial charge in [-0.05, 0) is 80.8 Å². The van der Waals surface area contributed by atoms with E-state index in [0.29, 0.717) is 11.4 Å². The van der Waals surface area contributed by atoms with Gasteiger partial charge >= 0.3 is 0 Å². The number of amides is 2. The van der Waals surface area contributed by atoms with Gasteiger partial charge in [0.05, 0.1) is 17.7 Å². The van der Waals surface area contributed by atoms with E-state index in [4.69, 9.17) is 4.74 Å². The average molecular weight is 628 g/mol. The van der Waals surface area contributed by atoms with Crippen LogP contribution in [0.2, 0.25) is 0 Å². The van der Waals surface area contributed by atoms with Crippen LogP contribution in [0.15, 0.2) is 114 Å². The molecule has 4 rings (SSSR count). The first-order chi connectivity index (χ1) is 21.4. The minimum atomic E-state index is -4.15. The molecule has 0 spiro atoms. The van der Waals surface area contributed by atoms with Crippen molar-refractivity contribution in [1.29, 1.82) is 0 Å². The molecule has 8 nitrogen and oxygen atoms in total. The van der Waals surface area contributed by atoms with Crippen LogP contribution in [0.1, 0.15) is 37.5 Å². The predicted octanol–water partition coefficient (Wildman–Crippen LogP) is 5.75. The molecule has 45 heavy (non-hydrogen) atoms. The highest BCUT2D eigenvalue weighted by Crippen LogP contribution is 2.26. The van der Waals surface area contributed by atoms with E-state index in [1.807, 2.05) is 76.2 Å². The van der Waals surface area contributed by atoms with Gasteiger partial charge in [-0.25, -0.2) is 8.42 Å². The summed E-state index contributed by atoms with van der Waals surface area (Å²) in [4.78, 5) is 30.1. The molecule has 236 valence electrons. The largest absolute Gasteiger partial charge is 0.497 e. The molecule has 2 amide bonds. The zero-order valence-electron chi connectivity index (χ0n) is 26.4. The summed E-state index contributed by atoms with van der Waals surface area (Å²) < 4.78 is 34.7. The van der Waals surface area contributed by atoms with Gasteiger partial charge in [-0.15, -0.1) is 0 Å². The van der Waals surface area contributed by atoms with Crippen LogP contribution in [0.4, 0.5) is 5.69 Å². The fraction of sp³-hybridized carbons (Fsp3) is 0.278. The summed E-state index contributed by atoms with van der Waals surface area (Å²) in [6.45, 7) is 7.04. The molecule has 9 heteroatoms. The first-order valence-corrected chi connectivity index (χ1v) is 16.2. The van der Waals surface area contributed by atoms with Crippen LogP contribution in [0.3, 0.4) is 0 Å². The normalized spacial score (nSPS) is 12.2. The maximum atomic E-state index is 14.6. The van der Waals surface area contributed by atoms with Crippen molar-refractivity contribution in [3.8, 4) is 5.75 Å². The van der Waals surface area contributed by atoms with E-state index in [9.17, 15) is 18.0 Å². The van der Waals surface area contributed by atoms with Crippen LogP contribution in [0, 0.1) is 6.92 Å². The lowest BCUT2D eigenvalue weighted by Gasteiger charge is -2.35. The van der Waals surface area contributed by atoms with Crippen molar-refractivity contribution >= 4 is 27.5 Å². The van der Waals surface area contributed by atoms with E-state index in [1.165, 1.54) is 17.0 Å². The Morgan fingerprint density at radius 2 is 1.44 bits per heavy atom. The maximum Gasteiger partial charge on any atom is 0.264 e. The van der Waals surface area contributed by atoms with Gasteiger partial charge in [-0.2, -0.15) is 0 Å². The van der Waals surface area contributed by atoms with Gasteiger partial charge in [0.25, 0.3) is 10.0 Å². The number of hydrogen-bond acceptors (Lipinski definition) is 5. The Bertz CT molecular complexity index is 1700. The second-order valence-electron chi connectivity index (χ2n) is 12.0. The van der Waals surface area contributed by atoms with Crippen molar-refractivity contribution < 1.29 is 22.7 Å². The highest BCUT2D eigenvalue weighted by Gasteiger charge is 2.35. The van der Waals surface area contributed by atoms with Crippen LogP contribution >= 0.6 is 0 Å². The Hall–Kier alpha value is -4.63. The van der Waals surface area contributed by atoms with Crippen LogP contribution < -0.4 is 14.4 Å². The SMILES string of the molecule is COc1cccc(CN(C(=O)CN(c2cccc(C)c2)S(=O)(=O)c2ccccc2)[C@@H](Cc2ccccc2)C(=O)NC(C)(C)C)c1. The molecule has 1 atom stereocenters. The van der Waals surface area contributed by atoms with Gasteiger partial charge < -0.3 is 15.0 Å². The number of ether oxygens (including phenoxy) is 1. The van der Waals surface area contributed by atoms with E-state index in [0.717, 1.165) is 21.0 Å². The maximum absolute atomic E-state index is 14.6. The number of methoxy groups -OCH3 is 1. The molecule has 4 aromatic carbocycles. The molecular formula is C36H41N3O5S.